The van der Waals surface area contributed by atoms with E-state index in [0.717, 1.165) is 16.9 Å². The van der Waals surface area contributed by atoms with E-state index in [4.69, 9.17) is 4.74 Å². The lowest BCUT2D eigenvalue weighted by molar-refractivity contribution is -0.139. The third-order valence-corrected chi connectivity index (χ3v) is 5.37. The minimum absolute atomic E-state index is 0.251. The first-order chi connectivity index (χ1) is 9.69. The molecule has 0 bridgehead atoms. The van der Waals surface area contributed by atoms with E-state index in [-0.39, 0.29) is 12.4 Å². The summed E-state index contributed by atoms with van der Waals surface area (Å²) in [5, 5.41) is 0. The minimum atomic E-state index is -0.840. The lowest BCUT2D eigenvalue weighted by atomic mass is 10.1. The van der Waals surface area contributed by atoms with Crippen LogP contribution in [-0.4, -0.2) is 23.0 Å². The van der Waals surface area contributed by atoms with Crippen LogP contribution in [-0.2, 0) is 32.5 Å². The molecule has 2 rings (SSSR count). The molecule has 0 amide bonds. The van der Waals surface area contributed by atoms with E-state index in [1.165, 1.54) is 32.8 Å². The van der Waals surface area contributed by atoms with Gasteiger partial charge in [0.05, 0.1) is 13.5 Å². The molecule has 1 atom stereocenters. The summed E-state index contributed by atoms with van der Waals surface area (Å²) in [7, 11) is 0.552. The van der Waals surface area contributed by atoms with Crippen LogP contribution in [0.2, 0.25) is 0 Å². The fourth-order valence-electron chi connectivity index (χ4n) is 2.77. The molecule has 1 fully saturated rings. The van der Waals surface area contributed by atoms with Crippen molar-refractivity contribution in [2.45, 2.75) is 37.9 Å². The molecule has 4 heteroatoms. The van der Waals surface area contributed by atoms with Crippen molar-refractivity contribution in [3.63, 3.8) is 0 Å². The van der Waals surface area contributed by atoms with Crippen LogP contribution in [0.1, 0.15) is 36.8 Å². The van der Waals surface area contributed by atoms with Crippen molar-refractivity contribution in [1.29, 1.82) is 0 Å². The second-order valence-corrected chi connectivity index (χ2v) is 6.92. The van der Waals surface area contributed by atoms with Crippen LogP contribution in [0, 0.1) is 5.92 Å². The average molecular weight is 294 g/mol. The molecular weight excluding hydrogens is 272 g/mol. The first-order valence-corrected chi connectivity index (χ1v) is 8.66. The molecule has 1 aromatic carbocycles. The second kappa shape index (κ2) is 7.58. The van der Waals surface area contributed by atoms with Crippen LogP contribution in [0.15, 0.2) is 24.3 Å². The molecule has 1 aromatic rings. The molecule has 0 aromatic heterocycles. The second-order valence-electron chi connectivity index (χ2n) is 5.42. The molecule has 3 nitrogen and oxygen atoms in total. The molecule has 1 unspecified atom stereocenters. The monoisotopic (exact) mass is 294 g/mol. The fraction of sp³-hybridized carbons (Fsp3) is 0.562. The Bertz CT molecular complexity index is 478. The molecule has 1 aliphatic carbocycles. The van der Waals surface area contributed by atoms with E-state index >= 15 is 0 Å². The molecule has 0 N–H and O–H groups in total. The van der Waals surface area contributed by atoms with E-state index in [2.05, 4.69) is 0 Å². The van der Waals surface area contributed by atoms with Crippen LogP contribution >= 0.6 is 0 Å². The Hall–Kier alpha value is -1.16. The number of carbonyl (C=O) groups excluding carboxylic acids is 1. The summed E-state index contributed by atoms with van der Waals surface area (Å²) in [6.45, 7) is 0. The first kappa shape index (κ1) is 15.2. The molecule has 1 saturated carbocycles. The van der Waals surface area contributed by atoms with Crippen molar-refractivity contribution in [1.82, 2.24) is 0 Å². The van der Waals surface area contributed by atoms with E-state index in [9.17, 15) is 9.00 Å². The predicted molar refractivity (Wildman–Crippen MR) is 80.8 cm³/mol. The van der Waals surface area contributed by atoms with Gasteiger partial charge in [0.15, 0.2) is 0 Å². The zero-order valence-corrected chi connectivity index (χ0v) is 12.8. The molecule has 0 radical (unpaired) electrons. The van der Waals surface area contributed by atoms with Crippen molar-refractivity contribution in [3.05, 3.63) is 35.4 Å². The number of hydrogen-bond donors (Lipinski definition) is 0. The minimum Gasteiger partial charge on any atom is -0.469 e. The smallest absolute Gasteiger partial charge is 0.309 e. The molecular formula is C16H22O3S. The SMILES string of the molecule is COC(=O)Cc1ccccc1CS(=O)CC1CCCC1. The molecule has 20 heavy (non-hydrogen) atoms. The van der Waals surface area contributed by atoms with Gasteiger partial charge in [-0.2, -0.15) is 0 Å². The van der Waals surface area contributed by atoms with Crippen LogP contribution in [0.25, 0.3) is 0 Å². The number of esters is 1. The normalized spacial score (nSPS) is 17.1. The summed E-state index contributed by atoms with van der Waals surface area (Å²) in [5.41, 5.74) is 1.94. The van der Waals surface area contributed by atoms with Gasteiger partial charge in [-0.25, -0.2) is 0 Å². The summed E-state index contributed by atoms with van der Waals surface area (Å²) < 4.78 is 17.0. The summed E-state index contributed by atoms with van der Waals surface area (Å²) in [5.74, 6) is 1.72. The maximum atomic E-state index is 12.3. The summed E-state index contributed by atoms with van der Waals surface area (Å²) in [6, 6.07) is 7.72. The fourth-order valence-corrected chi connectivity index (χ4v) is 4.38. The number of carbonyl (C=O) groups is 1. The highest BCUT2D eigenvalue weighted by atomic mass is 32.2. The lowest BCUT2D eigenvalue weighted by Crippen LogP contribution is -2.12. The Morgan fingerprint density at radius 2 is 1.90 bits per heavy atom. The predicted octanol–water partition coefficient (Wildman–Crippen LogP) is 2.84. The van der Waals surface area contributed by atoms with Crippen molar-refractivity contribution < 1.29 is 13.7 Å². The van der Waals surface area contributed by atoms with Crippen LogP contribution in [0.3, 0.4) is 0 Å². The van der Waals surface area contributed by atoms with Crippen molar-refractivity contribution >= 4 is 16.8 Å². The Balaban J connectivity index is 1.97. The number of benzene rings is 1. The Labute approximate surface area is 123 Å². The Kier molecular flexibility index (Phi) is 5.77. The highest BCUT2D eigenvalue weighted by molar-refractivity contribution is 7.84. The van der Waals surface area contributed by atoms with Gasteiger partial charge in [-0.05, 0) is 29.9 Å². The van der Waals surface area contributed by atoms with Gasteiger partial charge in [0.1, 0.15) is 0 Å². The number of ether oxygens (including phenoxy) is 1. The zero-order chi connectivity index (χ0) is 14.4. The maximum absolute atomic E-state index is 12.3. The summed E-state index contributed by atoms with van der Waals surface area (Å²) in [4.78, 5) is 11.4. The number of rotatable bonds is 6. The standard InChI is InChI=1S/C16H22O3S/c1-19-16(17)10-14-8-4-5-9-15(14)12-20(18)11-13-6-2-3-7-13/h4-5,8-9,13H,2-3,6-7,10-12H2,1H3. The van der Waals surface area contributed by atoms with Gasteiger partial charge in [-0.1, -0.05) is 37.1 Å². The van der Waals surface area contributed by atoms with Gasteiger partial charge in [0, 0.05) is 22.3 Å². The van der Waals surface area contributed by atoms with Gasteiger partial charge < -0.3 is 4.74 Å². The molecule has 0 aliphatic heterocycles. The van der Waals surface area contributed by atoms with E-state index in [0.29, 0.717) is 11.7 Å². The Morgan fingerprint density at radius 1 is 1.25 bits per heavy atom. The molecule has 0 spiro atoms. The van der Waals surface area contributed by atoms with E-state index < -0.39 is 10.8 Å². The van der Waals surface area contributed by atoms with Gasteiger partial charge in [0.25, 0.3) is 0 Å². The van der Waals surface area contributed by atoms with E-state index in [1.54, 1.807) is 0 Å². The van der Waals surface area contributed by atoms with Gasteiger partial charge in [-0.15, -0.1) is 0 Å². The van der Waals surface area contributed by atoms with Crippen LogP contribution in [0.5, 0.6) is 0 Å². The molecule has 110 valence electrons. The van der Waals surface area contributed by atoms with Crippen molar-refractivity contribution in [2.24, 2.45) is 5.92 Å². The highest BCUT2D eigenvalue weighted by Gasteiger charge is 2.18. The molecule has 1 aliphatic rings. The maximum Gasteiger partial charge on any atom is 0.309 e. The topological polar surface area (TPSA) is 43.4 Å². The third kappa shape index (κ3) is 4.44. The molecule has 0 heterocycles. The van der Waals surface area contributed by atoms with Crippen LogP contribution < -0.4 is 0 Å². The van der Waals surface area contributed by atoms with E-state index in [1.807, 2.05) is 24.3 Å². The summed E-state index contributed by atoms with van der Waals surface area (Å²) >= 11 is 0. The van der Waals surface area contributed by atoms with Crippen LogP contribution in [0.4, 0.5) is 0 Å². The highest BCUT2D eigenvalue weighted by Crippen LogP contribution is 2.26. The van der Waals surface area contributed by atoms with Gasteiger partial charge in [0.2, 0.25) is 0 Å². The lowest BCUT2D eigenvalue weighted by Gasteiger charge is -2.11. The summed E-state index contributed by atoms with van der Waals surface area (Å²) in [6.07, 6.45) is 5.25. The number of hydrogen-bond acceptors (Lipinski definition) is 3. The molecule has 0 saturated heterocycles. The van der Waals surface area contributed by atoms with Crippen molar-refractivity contribution in [2.75, 3.05) is 12.9 Å². The first-order valence-electron chi connectivity index (χ1n) is 7.17. The third-order valence-electron chi connectivity index (χ3n) is 3.89. The number of methoxy groups -OCH3 is 1. The van der Waals surface area contributed by atoms with Gasteiger partial charge >= 0.3 is 5.97 Å². The largest absolute Gasteiger partial charge is 0.469 e. The quantitative estimate of drug-likeness (QED) is 0.758. The Morgan fingerprint density at radius 3 is 2.55 bits per heavy atom. The van der Waals surface area contributed by atoms with Crippen molar-refractivity contribution in [3.8, 4) is 0 Å². The zero-order valence-electron chi connectivity index (χ0n) is 12.0. The van der Waals surface area contributed by atoms with Gasteiger partial charge in [-0.3, -0.25) is 9.00 Å². The average Bonchev–Trinajstić information content (AvgIpc) is 2.93.